The van der Waals surface area contributed by atoms with Gasteiger partial charge >= 0.3 is 0 Å². The molecular formula is C17H23N5O2. The molecule has 0 aromatic carbocycles. The second-order valence-corrected chi connectivity index (χ2v) is 6.13. The van der Waals surface area contributed by atoms with Gasteiger partial charge < -0.3 is 14.7 Å². The van der Waals surface area contributed by atoms with E-state index >= 15 is 0 Å². The van der Waals surface area contributed by atoms with Gasteiger partial charge in [-0.05, 0) is 33.1 Å². The molecule has 1 aliphatic rings. The maximum absolute atomic E-state index is 12.7. The van der Waals surface area contributed by atoms with E-state index in [0.717, 1.165) is 47.9 Å². The molecule has 0 unspecified atom stereocenters. The number of carbonyl (C=O) groups excluding carboxylic acids is 1. The Morgan fingerprint density at radius 2 is 2.25 bits per heavy atom. The number of aromatic nitrogens is 3. The molecule has 0 bridgehead atoms. The Kier molecular flexibility index (Phi) is 4.78. The van der Waals surface area contributed by atoms with Gasteiger partial charge in [-0.1, -0.05) is 5.16 Å². The zero-order valence-corrected chi connectivity index (χ0v) is 14.4. The van der Waals surface area contributed by atoms with Crippen molar-refractivity contribution in [3.63, 3.8) is 0 Å². The van der Waals surface area contributed by atoms with E-state index in [1.807, 2.05) is 25.8 Å². The van der Waals surface area contributed by atoms with Crippen LogP contribution in [0.3, 0.4) is 0 Å². The van der Waals surface area contributed by atoms with Crippen LogP contribution in [0.5, 0.6) is 0 Å². The lowest BCUT2D eigenvalue weighted by Gasteiger charge is -2.24. The summed E-state index contributed by atoms with van der Waals surface area (Å²) >= 11 is 0. The summed E-state index contributed by atoms with van der Waals surface area (Å²) in [6, 6.07) is 0.0166. The monoisotopic (exact) mass is 329 g/mol. The average molecular weight is 329 g/mol. The minimum atomic E-state index is 0.0166. The third-order valence-corrected chi connectivity index (χ3v) is 4.59. The smallest absolute Gasteiger partial charge is 0.223 e. The van der Waals surface area contributed by atoms with E-state index in [2.05, 4.69) is 20.4 Å². The predicted molar refractivity (Wildman–Crippen MR) is 89.6 cm³/mol. The number of hydrogen-bond donors (Lipinski definition) is 1. The molecule has 0 saturated carbocycles. The molecule has 0 radical (unpaired) electrons. The van der Waals surface area contributed by atoms with Crippen LogP contribution in [-0.2, 0) is 11.2 Å². The van der Waals surface area contributed by atoms with Crippen molar-refractivity contribution in [3.05, 3.63) is 35.1 Å². The van der Waals surface area contributed by atoms with Crippen LogP contribution in [0.25, 0.3) is 0 Å². The molecule has 3 rings (SSSR count). The van der Waals surface area contributed by atoms with Crippen molar-refractivity contribution < 1.29 is 9.32 Å². The van der Waals surface area contributed by atoms with Gasteiger partial charge in [0.05, 0.1) is 29.8 Å². The van der Waals surface area contributed by atoms with Gasteiger partial charge in [-0.2, -0.15) is 0 Å². The van der Waals surface area contributed by atoms with Crippen LogP contribution in [0.4, 0.5) is 5.82 Å². The van der Waals surface area contributed by atoms with Crippen LogP contribution in [0.1, 0.15) is 48.0 Å². The van der Waals surface area contributed by atoms with Crippen molar-refractivity contribution in [2.24, 2.45) is 0 Å². The van der Waals surface area contributed by atoms with Crippen molar-refractivity contribution in [2.45, 2.75) is 45.6 Å². The lowest BCUT2D eigenvalue weighted by Crippen LogP contribution is -2.31. The first-order valence-electron chi connectivity index (χ1n) is 8.31. The van der Waals surface area contributed by atoms with Crippen LogP contribution in [0.15, 0.2) is 16.9 Å². The van der Waals surface area contributed by atoms with Gasteiger partial charge in [-0.25, -0.2) is 4.98 Å². The second-order valence-electron chi connectivity index (χ2n) is 6.13. The van der Waals surface area contributed by atoms with Crippen LogP contribution in [-0.4, -0.2) is 39.5 Å². The highest BCUT2D eigenvalue weighted by Crippen LogP contribution is 2.31. The maximum Gasteiger partial charge on any atom is 0.223 e. The Morgan fingerprint density at radius 1 is 1.42 bits per heavy atom. The van der Waals surface area contributed by atoms with Gasteiger partial charge in [0.15, 0.2) is 0 Å². The fraction of sp³-hybridized carbons (Fsp3) is 0.529. The molecule has 0 spiro atoms. The molecule has 3 heterocycles. The number of rotatable bonds is 5. The summed E-state index contributed by atoms with van der Waals surface area (Å²) in [7, 11) is 1.81. The molecular weight excluding hydrogens is 306 g/mol. The molecule has 7 nitrogen and oxygen atoms in total. The third kappa shape index (κ3) is 3.25. The topological polar surface area (TPSA) is 84.2 Å². The largest absolute Gasteiger partial charge is 0.372 e. The van der Waals surface area contributed by atoms with Gasteiger partial charge in [0.25, 0.3) is 0 Å². The van der Waals surface area contributed by atoms with E-state index in [-0.39, 0.29) is 11.9 Å². The number of amides is 1. The molecule has 2 aromatic heterocycles. The van der Waals surface area contributed by atoms with Gasteiger partial charge in [-0.15, -0.1) is 0 Å². The zero-order valence-electron chi connectivity index (χ0n) is 14.4. The van der Waals surface area contributed by atoms with Crippen molar-refractivity contribution >= 4 is 11.7 Å². The number of hydrogen-bond acceptors (Lipinski definition) is 6. The molecule has 1 fully saturated rings. The van der Waals surface area contributed by atoms with Gasteiger partial charge in [-0.3, -0.25) is 9.78 Å². The Morgan fingerprint density at radius 3 is 2.96 bits per heavy atom. The fourth-order valence-electron chi connectivity index (χ4n) is 3.27. The quantitative estimate of drug-likeness (QED) is 0.907. The molecule has 2 aromatic rings. The minimum Gasteiger partial charge on any atom is -0.372 e. The van der Waals surface area contributed by atoms with Crippen molar-refractivity contribution in [3.8, 4) is 0 Å². The number of nitrogens with zero attached hydrogens (tertiary/aromatic N) is 4. The van der Waals surface area contributed by atoms with E-state index in [1.54, 1.807) is 12.4 Å². The first kappa shape index (κ1) is 16.4. The first-order valence-corrected chi connectivity index (χ1v) is 8.31. The molecule has 1 saturated heterocycles. The Labute approximate surface area is 141 Å². The van der Waals surface area contributed by atoms with Crippen molar-refractivity contribution in [1.82, 2.24) is 20.0 Å². The maximum atomic E-state index is 12.7. The Hall–Kier alpha value is -2.44. The SMILES string of the molecule is CNc1cncc([C@@H]2CCCN2C(=O)CCc2c(C)noc2C)n1. The summed E-state index contributed by atoms with van der Waals surface area (Å²) in [5, 5.41) is 6.94. The number of aryl methyl sites for hydroxylation is 2. The van der Waals surface area contributed by atoms with Gasteiger partial charge in [0.2, 0.25) is 5.91 Å². The molecule has 0 aliphatic carbocycles. The fourth-order valence-corrected chi connectivity index (χ4v) is 3.27. The highest BCUT2D eigenvalue weighted by molar-refractivity contribution is 5.77. The first-order chi connectivity index (χ1) is 11.6. The average Bonchev–Trinajstić information content (AvgIpc) is 3.20. The van der Waals surface area contributed by atoms with E-state index in [4.69, 9.17) is 4.52 Å². The summed E-state index contributed by atoms with van der Waals surface area (Å²) in [4.78, 5) is 23.4. The second kappa shape index (κ2) is 6.98. The molecule has 1 N–H and O–H groups in total. The normalized spacial score (nSPS) is 17.3. The Balaban J connectivity index is 1.69. The lowest BCUT2D eigenvalue weighted by atomic mass is 10.1. The molecule has 24 heavy (non-hydrogen) atoms. The summed E-state index contributed by atoms with van der Waals surface area (Å²) in [6.07, 6.45) is 6.48. The summed E-state index contributed by atoms with van der Waals surface area (Å²) in [5.41, 5.74) is 2.76. The van der Waals surface area contributed by atoms with Crippen molar-refractivity contribution in [1.29, 1.82) is 0 Å². The third-order valence-electron chi connectivity index (χ3n) is 4.59. The molecule has 1 aliphatic heterocycles. The summed E-state index contributed by atoms with van der Waals surface area (Å²) in [6.45, 7) is 4.57. The zero-order chi connectivity index (χ0) is 17.1. The van der Waals surface area contributed by atoms with E-state index in [0.29, 0.717) is 12.8 Å². The highest BCUT2D eigenvalue weighted by atomic mass is 16.5. The van der Waals surface area contributed by atoms with Crippen molar-refractivity contribution in [2.75, 3.05) is 18.9 Å². The van der Waals surface area contributed by atoms with Crippen LogP contribution in [0, 0.1) is 13.8 Å². The summed E-state index contributed by atoms with van der Waals surface area (Å²) in [5.74, 6) is 1.67. The Bertz CT molecular complexity index is 708. The van der Waals surface area contributed by atoms with E-state index in [9.17, 15) is 4.79 Å². The van der Waals surface area contributed by atoms with Crippen LogP contribution >= 0.6 is 0 Å². The highest BCUT2D eigenvalue weighted by Gasteiger charge is 2.31. The number of likely N-dealkylation sites (tertiary alicyclic amines) is 1. The number of nitrogens with one attached hydrogen (secondary N) is 1. The summed E-state index contributed by atoms with van der Waals surface area (Å²) < 4.78 is 5.17. The van der Waals surface area contributed by atoms with E-state index < -0.39 is 0 Å². The van der Waals surface area contributed by atoms with Gasteiger partial charge in [0, 0.05) is 25.6 Å². The molecule has 128 valence electrons. The predicted octanol–water partition coefficient (Wildman–Crippen LogP) is 2.42. The minimum absolute atomic E-state index is 0.0166. The lowest BCUT2D eigenvalue weighted by molar-refractivity contribution is -0.132. The molecule has 1 amide bonds. The van der Waals surface area contributed by atoms with E-state index in [1.165, 1.54) is 0 Å². The molecule has 7 heteroatoms. The molecule has 1 atom stereocenters. The number of anilines is 1. The van der Waals surface area contributed by atoms with Gasteiger partial charge in [0.1, 0.15) is 11.6 Å². The van der Waals surface area contributed by atoms with Crippen LogP contribution < -0.4 is 5.32 Å². The number of carbonyl (C=O) groups is 1. The standard InChI is InChI=1S/C17H23N5O2/c1-11-13(12(2)24-21-11)6-7-17(23)22-8-4-5-15(22)14-9-19-10-16(18-3)20-14/h9-10,15H,4-8H2,1-3H3,(H,18,20)/t15-/m0/s1. The van der Waals surface area contributed by atoms with Crippen LogP contribution in [0.2, 0.25) is 0 Å².